The molecule has 1 atom stereocenters. The number of hydrogen-bond acceptors (Lipinski definition) is 3. The minimum Gasteiger partial charge on any atom is -0.304 e. The van der Waals surface area contributed by atoms with Gasteiger partial charge in [0.1, 0.15) is 5.84 Å². The lowest BCUT2D eigenvalue weighted by Gasteiger charge is -2.36. The van der Waals surface area contributed by atoms with Gasteiger partial charge < -0.3 is 4.90 Å². The van der Waals surface area contributed by atoms with Crippen LogP contribution in [0, 0.1) is 5.41 Å². The first-order chi connectivity index (χ1) is 10.5. The second-order valence-corrected chi connectivity index (χ2v) is 7.21. The molecule has 2 aromatic rings. The van der Waals surface area contributed by atoms with Crippen LogP contribution in [0.3, 0.4) is 0 Å². The molecule has 2 heterocycles. The maximum atomic E-state index is 12.1. The van der Waals surface area contributed by atoms with Crippen molar-refractivity contribution in [1.82, 2.24) is 4.90 Å². The highest BCUT2D eigenvalue weighted by Gasteiger charge is 2.39. The molecule has 1 aliphatic heterocycles. The average molecular weight is 312 g/mol. The summed E-state index contributed by atoms with van der Waals surface area (Å²) in [6, 6.07) is 12.6. The first-order valence-corrected chi connectivity index (χ1v) is 8.32. The molecule has 0 spiro atoms. The van der Waals surface area contributed by atoms with Gasteiger partial charge in [-0.15, -0.1) is 11.3 Å². The number of amides is 1. The SMILES string of the molecule is CN1C(=N)C[C@](C)(c2cc(Cc3ccccc3)cs2)CC1=O. The van der Waals surface area contributed by atoms with Crippen LogP contribution in [0.25, 0.3) is 0 Å². The molecule has 22 heavy (non-hydrogen) atoms. The van der Waals surface area contributed by atoms with Gasteiger partial charge >= 0.3 is 0 Å². The van der Waals surface area contributed by atoms with Gasteiger partial charge in [0.15, 0.2) is 0 Å². The summed E-state index contributed by atoms with van der Waals surface area (Å²) in [4.78, 5) is 14.8. The molecule has 1 aromatic heterocycles. The Morgan fingerprint density at radius 3 is 2.64 bits per heavy atom. The van der Waals surface area contributed by atoms with E-state index in [4.69, 9.17) is 5.41 Å². The van der Waals surface area contributed by atoms with Crippen molar-refractivity contribution in [3.8, 4) is 0 Å². The van der Waals surface area contributed by atoms with Gasteiger partial charge in [-0.05, 0) is 29.0 Å². The van der Waals surface area contributed by atoms with Crippen molar-refractivity contribution >= 4 is 23.1 Å². The number of thiophene rings is 1. The predicted octanol–water partition coefficient (Wildman–Crippen LogP) is 3.83. The molecule has 0 unspecified atom stereocenters. The average Bonchev–Trinajstić information content (AvgIpc) is 2.95. The highest BCUT2D eigenvalue weighted by Crippen LogP contribution is 2.39. The zero-order valence-corrected chi connectivity index (χ0v) is 13.7. The molecule has 1 amide bonds. The molecule has 0 bridgehead atoms. The molecular weight excluding hydrogens is 292 g/mol. The van der Waals surface area contributed by atoms with E-state index in [-0.39, 0.29) is 11.3 Å². The van der Waals surface area contributed by atoms with E-state index in [9.17, 15) is 4.79 Å². The van der Waals surface area contributed by atoms with Gasteiger partial charge in [0.2, 0.25) is 5.91 Å². The lowest BCUT2D eigenvalue weighted by Crippen LogP contribution is -2.46. The number of likely N-dealkylation sites (tertiary alicyclic amines) is 1. The Labute approximate surface area is 135 Å². The van der Waals surface area contributed by atoms with E-state index in [0.717, 1.165) is 6.42 Å². The molecule has 1 fully saturated rings. The molecule has 3 nitrogen and oxygen atoms in total. The van der Waals surface area contributed by atoms with Crippen LogP contribution in [0.1, 0.15) is 35.8 Å². The van der Waals surface area contributed by atoms with Crippen molar-refractivity contribution < 1.29 is 4.79 Å². The Bertz CT molecular complexity index is 687. The molecule has 114 valence electrons. The van der Waals surface area contributed by atoms with E-state index < -0.39 is 0 Å². The number of piperidine rings is 1. The van der Waals surface area contributed by atoms with Crippen molar-refractivity contribution in [2.24, 2.45) is 0 Å². The van der Waals surface area contributed by atoms with Crippen molar-refractivity contribution in [3.63, 3.8) is 0 Å². The fraction of sp³-hybridized carbons (Fsp3) is 0.333. The highest BCUT2D eigenvalue weighted by molar-refractivity contribution is 7.10. The van der Waals surface area contributed by atoms with Crippen molar-refractivity contribution in [2.45, 2.75) is 31.6 Å². The number of carbonyl (C=O) groups excluding carboxylic acids is 1. The zero-order chi connectivity index (χ0) is 15.7. The quantitative estimate of drug-likeness (QED) is 0.920. The molecule has 0 aliphatic carbocycles. The summed E-state index contributed by atoms with van der Waals surface area (Å²) in [5.74, 6) is 0.452. The summed E-state index contributed by atoms with van der Waals surface area (Å²) in [7, 11) is 1.69. The molecule has 3 rings (SSSR count). The van der Waals surface area contributed by atoms with Gasteiger partial charge in [-0.3, -0.25) is 10.2 Å². The summed E-state index contributed by atoms with van der Waals surface area (Å²) < 4.78 is 0. The first kappa shape index (κ1) is 15.0. The number of benzene rings is 1. The van der Waals surface area contributed by atoms with Crippen LogP contribution in [0.15, 0.2) is 41.8 Å². The Morgan fingerprint density at radius 1 is 1.23 bits per heavy atom. The Morgan fingerprint density at radius 2 is 1.95 bits per heavy atom. The van der Waals surface area contributed by atoms with Gasteiger partial charge in [-0.1, -0.05) is 37.3 Å². The zero-order valence-electron chi connectivity index (χ0n) is 12.9. The van der Waals surface area contributed by atoms with Crippen molar-refractivity contribution in [1.29, 1.82) is 5.41 Å². The Balaban J connectivity index is 1.81. The van der Waals surface area contributed by atoms with Gasteiger partial charge in [0.25, 0.3) is 0 Å². The lowest BCUT2D eigenvalue weighted by atomic mass is 9.78. The monoisotopic (exact) mass is 312 g/mol. The van der Waals surface area contributed by atoms with E-state index in [0.29, 0.717) is 18.7 Å². The van der Waals surface area contributed by atoms with E-state index in [2.05, 4.69) is 42.6 Å². The maximum absolute atomic E-state index is 12.1. The van der Waals surface area contributed by atoms with E-state index in [1.165, 1.54) is 20.9 Å². The number of hydrogen-bond donors (Lipinski definition) is 1. The third-order valence-corrected chi connectivity index (χ3v) is 5.66. The first-order valence-electron chi connectivity index (χ1n) is 7.44. The molecular formula is C18H20N2OS. The fourth-order valence-corrected chi connectivity index (χ4v) is 4.02. The Kier molecular flexibility index (Phi) is 3.87. The normalized spacial score (nSPS) is 22.2. The largest absolute Gasteiger partial charge is 0.304 e. The molecule has 1 aromatic carbocycles. The predicted molar refractivity (Wildman–Crippen MR) is 90.6 cm³/mol. The number of nitrogens with zero attached hydrogens (tertiary/aromatic N) is 1. The van der Waals surface area contributed by atoms with E-state index in [1.807, 2.05) is 6.07 Å². The minimum atomic E-state index is -0.236. The highest BCUT2D eigenvalue weighted by atomic mass is 32.1. The third kappa shape index (κ3) is 2.83. The second-order valence-electron chi connectivity index (χ2n) is 6.30. The lowest BCUT2D eigenvalue weighted by molar-refractivity contribution is -0.128. The van der Waals surface area contributed by atoms with Crippen LogP contribution in [-0.2, 0) is 16.6 Å². The van der Waals surface area contributed by atoms with Crippen molar-refractivity contribution in [3.05, 3.63) is 57.8 Å². The number of amidine groups is 1. The van der Waals surface area contributed by atoms with E-state index in [1.54, 1.807) is 18.4 Å². The van der Waals surface area contributed by atoms with Gasteiger partial charge in [-0.25, -0.2) is 0 Å². The number of rotatable bonds is 3. The Hall–Kier alpha value is -1.94. The molecule has 1 saturated heterocycles. The molecule has 1 N–H and O–H groups in total. The number of nitrogens with one attached hydrogen (secondary N) is 1. The summed E-state index contributed by atoms with van der Waals surface area (Å²) in [5, 5.41) is 10.2. The van der Waals surface area contributed by atoms with Gasteiger partial charge in [0, 0.05) is 30.2 Å². The maximum Gasteiger partial charge on any atom is 0.228 e. The van der Waals surface area contributed by atoms with Gasteiger partial charge in [-0.2, -0.15) is 0 Å². The summed E-state index contributed by atoms with van der Waals surface area (Å²) in [5.41, 5.74) is 2.34. The van der Waals surface area contributed by atoms with Crippen LogP contribution >= 0.6 is 11.3 Å². The molecule has 0 radical (unpaired) electrons. The third-order valence-electron chi connectivity index (χ3n) is 4.38. The molecule has 1 aliphatic rings. The second kappa shape index (κ2) is 5.69. The molecule has 4 heteroatoms. The van der Waals surface area contributed by atoms with E-state index >= 15 is 0 Å². The van der Waals surface area contributed by atoms with Crippen molar-refractivity contribution in [2.75, 3.05) is 7.05 Å². The summed E-state index contributed by atoms with van der Waals surface area (Å²) in [6.07, 6.45) is 2.02. The van der Waals surface area contributed by atoms with Crippen LogP contribution in [0.2, 0.25) is 0 Å². The van der Waals surface area contributed by atoms with Crippen LogP contribution in [-0.4, -0.2) is 23.7 Å². The minimum absolute atomic E-state index is 0.0387. The number of carbonyl (C=O) groups is 1. The fourth-order valence-electron chi connectivity index (χ4n) is 2.94. The smallest absolute Gasteiger partial charge is 0.228 e. The van der Waals surface area contributed by atoms with Gasteiger partial charge in [0.05, 0.1) is 0 Å². The van der Waals surface area contributed by atoms with Crippen LogP contribution < -0.4 is 0 Å². The molecule has 0 saturated carbocycles. The van der Waals surface area contributed by atoms with Crippen LogP contribution in [0.4, 0.5) is 0 Å². The summed E-state index contributed by atoms with van der Waals surface area (Å²) >= 11 is 1.71. The standard InChI is InChI=1S/C18H20N2OS/c1-18(10-16(19)20(2)17(21)11-18)15-9-14(12-22-15)8-13-6-4-3-5-7-13/h3-7,9,12,19H,8,10-11H2,1-2H3/t18-/m0/s1. The topological polar surface area (TPSA) is 44.2 Å². The van der Waals surface area contributed by atoms with Crippen LogP contribution in [0.5, 0.6) is 0 Å². The summed E-state index contributed by atoms with van der Waals surface area (Å²) in [6.45, 7) is 2.10.